The standard InChI is InChI=1S/C17H28N2O/c1-13(2)7-8-16(19-11-9-18-10-12-19)15-6-4-5-14(3)17(15)20/h4-6,13,16,18,20H,7-12H2,1-3H3/t16-/m1/s1. The van der Waals surface area contributed by atoms with Crippen molar-refractivity contribution in [2.75, 3.05) is 26.2 Å². The van der Waals surface area contributed by atoms with E-state index in [9.17, 15) is 5.11 Å². The Morgan fingerprint density at radius 2 is 1.90 bits per heavy atom. The van der Waals surface area contributed by atoms with Gasteiger partial charge in [0.1, 0.15) is 5.75 Å². The van der Waals surface area contributed by atoms with Gasteiger partial charge in [-0.15, -0.1) is 0 Å². The van der Waals surface area contributed by atoms with Crippen LogP contribution in [0.15, 0.2) is 18.2 Å². The Kier molecular flexibility index (Phi) is 5.44. The van der Waals surface area contributed by atoms with E-state index in [1.807, 2.05) is 13.0 Å². The SMILES string of the molecule is Cc1cccc([C@@H](CCC(C)C)N2CCNCC2)c1O. The Morgan fingerprint density at radius 1 is 1.20 bits per heavy atom. The first kappa shape index (κ1) is 15.3. The number of hydrogen-bond acceptors (Lipinski definition) is 3. The van der Waals surface area contributed by atoms with Gasteiger partial charge in [0.15, 0.2) is 0 Å². The van der Waals surface area contributed by atoms with E-state index < -0.39 is 0 Å². The number of phenolic OH excluding ortho intramolecular Hbond substituents is 1. The van der Waals surface area contributed by atoms with Gasteiger partial charge in [-0.3, -0.25) is 4.90 Å². The van der Waals surface area contributed by atoms with Gasteiger partial charge in [0.05, 0.1) is 0 Å². The first-order valence-electron chi connectivity index (χ1n) is 7.83. The highest BCUT2D eigenvalue weighted by atomic mass is 16.3. The van der Waals surface area contributed by atoms with Crippen molar-refractivity contribution in [2.24, 2.45) is 5.92 Å². The summed E-state index contributed by atoms with van der Waals surface area (Å²) in [4.78, 5) is 2.52. The van der Waals surface area contributed by atoms with Gasteiger partial charge in [-0.25, -0.2) is 0 Å². The molecule has 2 rings (SSSR count). The van der Waals surface area contributed by atoms with Crippen molar-refractivity contribution in [3.8, 4) is 5.75 Å². The minimum absolute atomic E-state index is 0.347. The second-order valence-electron chi connectivity index (χ2n) is 6.29. The molecule has 3 nitrogen and oxygen atoms in total. The molecule has 1 aliphatic rings. The molecule has 3 heteroatoms. The van der Waals surface area contributed by atoms with Crippen molar-refractivity contribution < 1.29 is 5.11 Å². The number of phenols is 1. The molecule has 0 saturated carbocycles. The topological polar surface area (TPSA) is 35.5 Å². The van der Waals surface area contributed by atoms with E-state index in [0.717, 1.165) is 43.7 Å². The Hall–Kier alpha value is -1.06. The van der Waals surface area contributed by atoms with Crippen LogP contribution < -0.4 is 5.32 Å². The van der Waals surface area contributed by atoms with Crippen LogP contribution in [0.2, 0.25) is 0 Å². The maximum atomic E-state index is 10.4. The third-order valence-electron chi connectivity index (χ3n) is 4.24. The van der Waals surface area contributed by atoms with Gasteiger partial charge in [-0.1, -0.05) is 32.0 Å². The molecule has 1 aromatic carbocycles. The molecule has 0 aliphatic carbocycles. The van der Waals surface area contributed by atoms with Gasteiger partial charge in [-0.05, 0) is 31.2 Å². The second-order valence-corrected chi connectivity index (χ2v) is 6.29. The predicted molar refractivity (Wildman–Crippen MR) is 84.1 cm³/mol. The maximum Gasteiger partial charge on any atom is 0.123 e. The molecular weight excluding hydrogens is 248 g/mol. The average molecular weight is 276 g/mol. The number of nitrogens with one attached hydrogen (secondary N) is 1. The van der Waals surface area contributed by atoms with E-state index in [1.165, 1.54) is 6.42 Å². The molecule has 1 fully saturated rings. The first-order chi connectivity index (χ1) is 9.59. The maximum absolute atomic E-state index is 10.4. The number of benzene rings is 1. The number of nitrogens with zero attached hydrogens (tertiary/aromatic N) is 1. The zero-order chi connectivity index (χ0) is 14.5. The zero-order valence-electron chi connectivity index (χ0n) is 13.0. The van der Waals surface area contributed by atoms with Crippen LogP contribution in [0.25, 0.3) is 0 Å². The van der Waals surface area contributed by atoms with Crippen molar-refractivity contribution in [1.82, 2.24) is 10.2 Å². The minimum Gasteiger partial charge on any atom is -0.507 e. The Balaban J connectivity index is 2.22. The van der Waals surface area contributed by atoms with Gasteiger partial charge in [-0.2, -0.15) is 0 Å². The Bertz CT molecular complexity index is 425. The normalized spacial score (nSPS) is 18.4. The summed E-state index contributed by atoms with van der Waals surface area (Å²) in [6.07, 6.45) is 2.32. The molecule has 112 valence electrons. The fourth-order valence-electron chi connectivity index (χ4n) is 2.97. The number of aromatic hydroxyl groups is 1. The van der Waals surface area contributed by atoms with E-state index >= 15 is 0 Å². The molecule has 1 aromatic rings. The molecule has 0 spiro atoms. The fourth-order valence-corrected chi connectivity index (χ4v) is 2.97. The quantitative estimate of drug-likeness (QED) is 0.867. The molecule has 0 radical (unpaired) electrons. The first-order valence-corrected chi connectivity index (χ1v) is 7.83. The largest absolute Gasteiger partial charge is 0.507 e. The molecule has 1 aliphatic heterocycles. The van der Waals surface area contributed by atoms with E-state index in [0.29, 0.717) is 17.7 Å². The van der Waals surface area contributed by atoms with Gasteiger partial charge >= 0.3 is 0 Å². The summed E-state index contributed by atoms with van der Waals surface area (Å²) in [5.74, 6) is 1.19. The summed E-state index contributed by atoms with van der Waals surface area (Å²) in [7, 11) is 0. The lowest BCUT2D eigenvalue weighted by atomic mass is 9.94. The zero-order valence-corrected chi connectivity index (χ0v) is 13.0. The Morgan fingerprint density at radius 3 is 2.55 bits per heavy atom. The van der Waals surface area contributed by atoms with Crippen LogP contribution in [-0.4, -0.2) is 36.2 Å². The van der Waals surface area contributed by atoms with Crippen molar-refractivity contribution in [3.63, 3.8) is 0 Å². The minimum atomic E-state index is 0.347. The van der Waals surface area contributed by atoms with Gasteiger partial charge in [0, 0.05) is 37.8 Å². The second kappa shape index (κ2) is 7.09. The third kappa shape index (κ3) is 3.74. The molecule has 0 aromatic heterocycles. The van der Waals surface area contributed by atoms with Crippen LogP contribution in [0.5, 0.6) is 5.75 Å². The molecule has 0 bridgehead atoms. The number of piperazine rings is 1. The van der Waals surface area contributed by atoms with Crippen LogP contribution in [0.4, 0.5) is 0 Å². The van der Waals surface area contributed by atoms with Gasteiger partial charge in [0.25, 0.3) is 0 Å². The van der Waals surface area contributed by atoms with Crippen molar-refractivity contribution in [1.29, 1.82) is 0 Å². The lowest BCUT2D eigenvalue weighted by molar-refractivity contribution is 0.157. The van der Waals surface area contributed by atoms with Crippen molar-refractivity contribution >= 4 is 0 Å². The summed E-state index contributed by atoms with van der Waals surface area (Å²) in [5, 5.41) is 13.8. The molecule has 1 saturated heterocycles. The highest BCUT2D eigenvalue weighted by Crippen LogP contribution is 2.35. The smallest absolute Gasteiger partial charge is 0.123 e. The van der Waals surface area contributed by atoms with Crippen LogP contribution >= 0.6 is 0 Å². The van der Waals surface area contributed by atoms with E-state index in [1.54, 1.807) is 0 Å². The third-order valence-corrected chi connectivity index (χ3v) is 4.24. The molecule has 20 heavy (non-hydrogen) atoms. The number of aryl methyl sites for hydroxylation is 1. The molecule has 0 amide bonds. The van der Waals surface area contributed by atoms with Crippen LogP contribution in [0, 0.1) is 12.8 Å². The van der Waals surface area contributed by atoms with Crippen LogP contribution in [0.1, 0.15) is 43.9 Å². The average Bonchev–Trinajstić information content (AvgIpc) is 2.44. The summed E-state index contributed by atoms with van der Waals surface area (Å²) in [5.41, 5.74) is 2.08. The predicted octanol–water partition coefficient (Wildman–Crippen LogP) is 3.08. The summed E-state index contributed by atoms with van der Waals surface area (Å²) in [6.45, 7) is 10.7. The molecular formula is C17H28N2O. The number of para-hydroxylation sites is 1. The lowest BCUT2D eigenvalue weighted by Crippen LogP contribution is -2.45. The van der Waals surface area contributed by atoms with E-state index in [2.05, 4.69) is 36.2 Å². The summed E-state index contributed by atoms with van der Waals surface area (Å²) in [6, 6.07) is 6.49. The van der Waals surface area contributed by atoms with Crippen molar-refractivity contribution in [2.45, 2.75) is 39.7 Å². The molecule has 2 N–H and O–H groups in total. The highest BCUT2D eigenvalue weighted by molar-refractivity contribution is 5.41. The number of hydrogen-bond donors (Lipinski definition) is 2. The number of rotatable bonds is 5. The van der Waals surface area contributed by atoms with Gasteiger partial charge < -0.3 is 10.4 Å². The van der Waals surface area contributed by atoms with Crippen LogP contribution in [0.3, 0.4) is 0 Å². The molecule has 0 unspecified atom stereocenters. The molecule has 1 heterocycles. The van der Waals surface area contributed by atoms with E-state index in [4.69, 9.17) is 0 Å². The summed E-state index contributed by atoms with van der Waals surface area (Å²) < 4.78 is 0. The van der Waals surface area contributed by atoms with Gasteiger partial charge in [0.2, 0.25) is 0 Å². The fraction of sp³-hybridized carbons (Fsp3) is 0.647. The highest BCUT2D eigenvalue weighted by Gasteiger charge is 2.24. The molecule has 1 atom stereocenters. The Labute approximate surface area is 123 Å². The van der Waals surface area contributed by atoms with E-state index in [-0.39, 0.29) is 0 Å². The summed E-state index contributed by atoms with van der Waals surface area (Å²) >= 11 is 0. The monoisotopic (exact) mass is 276 g/mol. The van der Waals surface area contributed by atoms with Crippen molar-refractivity contribution in [3.05, 3.63) is 29.3 Å². The lowest BCUT2D eigenvalue weighted by Gasteiger charge is -2.36. The van der Waals surface area contributed by atoms with Crippen LogP contribution in [-0.2, 0) is 0 Å².